The first-order valence-corrected chi connectivity index (χ1v) is 7.17. The molecule has 0 amide bonds. The molecule has 0 radical (unpaired) electrons. The summed E-state index contributed by atoms with van der Waals surface area (Å²) in [6.07, 6.45) is 0.703. The van der Waals surface area contributed by atoms with Crippen LogP contribution in [0.15, 0.2) is 17.1 Å². The molecule has 19 heavy (non-hydrogen) atoms. The Morgan fingerprint density at radius 1 is 1.53 bits per heavy atom. The van der Waals surface area contributed by atoms with Crippen molar-refractivity contribution in [3.05, 3.63) is 22.7 Å². The quantitative estimate of drug-likeness (QED) is 0.448. The number of aromatic nitrogens is 2. The van der Waals surface area contributed by atoms with Gasteiger partial charge in [0.15, 0.2) is 0 Å². The molecule has 10 heteroatoms. The van der Waals surface area contributed by atoms with E-state index in [-0.39, 0.29) is 25.6 Å². The number of rotatable bonds is 7. The van der Waals surface area contributed by atoms with Gasteiger partial charge in [0.25, 0.3) is 0 Å². The molecule has 1 heterocycles. The van der Waals surface area contributed by atoms with E-state index in [2.05, 4.69) is 4.98 Å². The van der Waals surface area contributed by atoms with Crippen LogP contribution < -0.4 is 11.4 Å². The molecule has 1 aromatic heterocycles. The second kappa shape index (κ2) is 6.78. The minimum atomic E-state index is -4.23. The molecule has 1 aromatic rings. The van der Waals surface area contributed by atoms with E-state index in [1.807, 2.05) is 0 Å². The molecule has 0 aromatic carbocycles. The number of nitrogens with two attached hydrogens (primary N) is 1. The lowest BCUT2D eigenvalue weighted by atomic mass is 10.2. The fraction of sp³-hybridized carbons (Fsp3) is 0.556. The van der Waals surface area contributed by atoms with Gasteiger partial charge in [-0.25, -0.2) is 4.79 Å². The first-order valence-electron chi connectivity index (χ1n) is 5.38. The Labute approximate surface area is 108 Å². The van der Waals surface area contributed by atoms with Crippen LogP contribution >= 0.6 is 7.60 Å². The summed E-state index contributed by atoms with van der Waals surface area (Å²) in [6, 6.07) is 1.44. The lowest BCUT2D eigenvalue weighted by Gasteiger charge is -2.16. The Bertz CT molecular complexity index is 513. The van der Waals surface area contributed by atoms with Crippen molar-refractivity contribution < 1.29 is 24.2 Å². The SMILES string of the molecule is Nc1ccn(C[C@@H](CO)COCP(=O)(O)O)c(=O)n1. The van der Waals surface area contributed by atoms with Crippen LogP contribution in [0.2, 0.25) is 0 Å². The van der Waals surface area contributed by atoms with Crippen molar-refractivity contribution >= 4 is 13.4 Å². The van der Waals surface area contributed by atoms with Gasteiger partial charge in [-0.2, -0.15) is 4.98 Å². The summed E-state index contributed by atoms with van der Waals surface area (Å²) in [7, 11) is -4.23. The zero-order chi connectivity index (χ0) is 14.5. The zero-order valence-electron chi connectivity index (χ0n) is 10.0. The lowest BCUT2D eigenvalue weighted by Crippen LogP contribution is -2.29. The van der Waals surface area contributed by atoms with Crippen LogP contribution in [0.3, 0.4) is 0 Å². The highest BCUT2D eigenvalue weighted by atomic mass is 31.2. The van der Waals surface area contributed by atoms with Gasteiger partial charge in [-0.05, 0) is 6.07 Å². The standard InChI is InChI=1S/C9H16N3O6P/c10-8-1-2-12(9(14)11-8)3-7(4-13)5-18-6-19(15,16)17/h1-2,7,13H,3-6H2,(H2,10,11,14)(H2,15,16,17)/t7-/m0/s1. The third-order valence-electron chi connectivity index (χ3n) is 2.22. The number of hydrogen-bond donors (Lipinski definition) is 4. The second-order valence-corrected chi connectivity index (χ2v) is 5.59. The van der Waals surface area contributed by atoms with Gasteiger partial charge in [0.05, 0.1) is 6.61 Å². The van der Waals surface area contributed by atoms with E-state index in [0.29, 0.717) is 0 Å². The fourth-order valence-corrected chi connectivity index (χ4v) is 1.70. The smallest absolute Gasteiger partial charge is 0.350 e. The van der Waals surface area contributed by atoms with E-state index in [1.165, 1.54) is 16.8 Å². The molecule has 5 N–H and O–H groups in total. The summed E-state index contributed by atoms with van der Waals surface area (Å²) in [5, 5.41) is 9.13. The highest BCUT2D eigenvalue weighted by molar-refractivity contribution is 7.51. The normalized spacial score (nSPS) is 13.4. The van der Waals surface area contributed by atoms with Gasteiger partial charge in [0.2, 0.25) is 0 Å². The van der Waals surface area contributed by atoms with E-state index in [4.69, 9.17) is 25.4 Å². The van der Waals surface area contributed by atoms with Crippen LogP contribution in [-0.2, 0) is 15.8 Å². The lowest BCUT2D eigenvalue weighted by molar-refractivity contribution is 0.0809. The minimum absolute atomic E-state index is 0.0849. The van der Waals surface area contributed by atoms with Gasteiger partial charge in [-0.1, -0.05) is 0 Å². The monoisotopic (exact) mass is 293 g/mol. The van der Waals surface area contributed by atoms with Crippen molar-refractivity contribution in [1.82, 2.24) is 9.55 Å². The third kappa shape index (κ3) is 5.95. The summed E-state index contributed by atoms with van der Waals surface area (Å²) in [5.74, 6) is -0.380. The van der Waals surface area contributed by atoms with Gasteiger partial charge in [0, 0.05) is 25.3 Å². The van der Waals surface area contributed by atoms with Crippen LogP contribution in [0.5, 0.6) is 0 Å². The number of anilines is 1. The molecule has 0 aliphatic heterocycles. The molecule has 0 saturated carbocycles. The van der Waals surface area contributed by atoms with Crippen molar-refractivity contribution in [2.75, 3.05) is 25.3 Å². The maximum Gasteiger partial charge on any atom is 0.350 e. The van der Waals surface area contributed by atoms with Gasteiger partial charge < -0.3 is 25.4 Å². The molecule has 1 rings (SSSR count). The molecule has 9 nitrogen and oxygen atoms in total. The van der Waals surface area contributed by atoms with E-state index >= 15 is 0 Å². The molecule has 1 atom stereocenters. The van der Waals surface area contributed by atoms with Gasteiger partial charge >= 0.3 is 13.3 Å². The number of ether oxygens (including phenoxy) is 1. The van der Waals surface area contributed by atoms with Gasteiger partial charge in [-0.3, -0.25) is 9.13 Å². The summed E-state index contributed by atoms with van der Waals surface area (Å²) in [4.78, 5) is 32.2. The molecule has 0 bridgehead atoms. The minimum Gasteiger partial charge on any atom is -0.396 e. The molecular formula is C9H16N3O6P. The Balaban J connectivity index is 2.57. The van der Waals surface area contributed by atoms with E-state index < -0.39 is 25.6 Å². The number of aliphatic hydroxyl groups is 1. The summed E-state index contributed by atoms with van der Waals surface area (Å²) < 4.78 is 16.6. The van der Waals surface area contributed by atoms with Crippen molar-refractivity contribution in [2.45, 2.75) is 6.54 Å². The van der Waals surface area contributed by atoms with E-state index in [1.54, 1.807) is 0 Å². The van der Waals surface area contributed by atoms with Crippen molar-refractivity contribution in [3.63, 3.8) is 0 Å². The number of nitrogen functional groups attached to an aromatic ring is 1. The van der Waals surface area contributed by atoms with E-state index in [0.717, 1.165) is 0 Å². The maximum absolute atomic E-state index is 11.4. The molecule has 108 valence electrons. The Hall–Kier alpha value is -1.25. The largest absolute Gasteiger partial charge is 0.396 e. The maximum atomic E-state index is 11.4. The number of aliphatic hydroxyl groups excluding tert-OH is 1. The van der Waals surface area contributed by atoms with Crippen molar-refractivity contribution in [2.24, 2.45) is 5.92 Å². The fourth-order valence-electron chi connectivity index (χ4n) is 1.36. The highest BCUT2D eigenvalue weighted by Crippen LogP contribution is 2.33. The average Bonchev–Trinajstić information content (AvgIpc) is 2.29. The van der Waals surface area contributed by atoms with Gasteiger partial charge in [0.1, 0.15) is 12.2 Å². The molecule has 0 unspecified atom stereocenters. The van der Waals surface area contributed by atoms with Crippen LogP contribution in [0.4, 0.5) is 5.82 Å². The van der Waals surface area contributed by atoms with Gasteiger partial charge in [-0.15, -0.1) is 0 Å². The first-order chi connectivity index (χ1) is 8.81. The predicted octanol–water partition coefficient (Wildman–Crippen LogP) is -1.41. The van der Waals surface area contributed by atoms with Crippen LogP contribution in [0, 0.1) is 5.92 Å². The second-order valence-electron chi connectivity index (χ2n) is 4.00. The molecule has 0 aliphatic rings. The summed E-state index contributed by atoms with van der Waals surface area (Å²) in [5.41, 5.74) is 4.77. The van der Waals surface area contributed by atoms with Crippen LogP contribution in [0.1, 0.15) is 0 Å². The molecular weight excluding hydrogens is 277 g/mol. The predicted molar refractivity (Wildman–Crippen MR) is 66.3 cm³/mol. The average molecular weight is 293 g/mol. The van der Waals surface area contributed by atoms with Crippen LogP contribution in [0.25, 0.3) is 0 Å². The third-order valence-corrected chi connectivity index (χ3v) is 2.74. The topological polar surface area (TPSA) is 148 Å². The van der Waals surface area contributed by atoms with Crippen LogP contribution in [-0.4, -0.2) is 44.0 Å². The zero-order valence-corrected chi connectivity index (χ0v) is 10.9. The molecule has 0 aliphatic carbocycles. The van der Waals surface area contributed by atoms with E-state index in [9.17, 15) is 9.36 Å². The number of hydrogen-bond acceptors (Lipinski definition) is 6. The molecule has 0 fully saturated rings. The summed E-state index contributed by atoms with van der Waals surface area (Å²) in [6.45, 7) is -0.264. The number of nitrogens with zero attached hydrogens (tertiary/aromatic N) is 2. The first kappa shape index (κ1) is 15.8. The summed E-state index contributed by atoms with van der Waals surface area (Å²) >= 11 is 0. The molecule has 0 saturated heterocycles. The van der Waals surface area contributed by atoms with Crippen molar-refractivity contribution in [1.29, 1.82) is 0 Å². The molecule has 0 spiro atoms. The Kier molecular flexibility index (Phi) is 5.64. The van der Waals surface area contributed by atoms with Crippen molar-refractivity contribution in [3.8, 4) is 0 Å². The Morgan fingerprint density at radius 2 is 2.21 bits per heavy atom. The highest BCUT2D eigenvalue weighted by Gasteiger charge is 2.16. The Morgan fingerprint density at radius 3 is 2.74 bits per heavy atom.